The molecule has 0 aromatic heterocycles. The van der Waals surface area contributed by atoms with Gasteiger partial charge in [0.25, 0.3) is 0 Å². The van der Waals surface area contributed by atoms with Gasteiger partial charge in [-0.05, 0) is 37.5 Å². The van der Waals surface area contributed by atoms with Gasteiger partial charge in [-0.1, -0.05) is 17.7 Å². The zero-order valence-corrected chi connectivity index (χ0v) is 14.4. The molecule has 3 rings (SSSR count). The van der Waals surface area contributed by atoms with E-state index in [0.29, 0.717) is 22.3 Å². The predicted molar refractivity (Wildman–Crippen MR) is 89.0 cm³/mol. The quantitative estimate of drug-likeness (QED) is 0.638. The highest BCUT2D eigenvalue weighted by molar-refractivity contribution is 6.33. The van der Waals surface area contributed by atoms with Crippen molar-refractivity contribution >= 4 is 23.2 Å². The van der Waals surface area contributed by atoms with Crippen molar-refractivity contribution in [3.05, 3.63) is 28.8 Å². The van der Waals surface area contributed by atoms with E-state index in [1.165, 1.54) is 0 Å². The second kappa shape index (κ2) is 6.66. The van der Waals surface area contributed by atoms with Crippen LogP contribution in [0.25, 0.3) is 0 Å². The first kappa shape index (κ1) is 18.3. The molecule has 5 nitrogen and oxygen atoms in total. The minimum atomic E-state index is -4.50. The Bertz CT molecular complexity index is 663. The van der Waals surface area contributed by atoms with Crippen molar-refractivity contribution in [2.45, 2.75) is 44.8 Å². The van der Waals surface area contributed by atoms with E-state index < -0.39 is 17.5 Å². The molecule has 2 unspecified atom stereocenters. The number of amides is 1. The van der Waals surface area contributed by atoms with Gasteiger partial charge in [-0.25, -0.2) is 0 Å². The number of hydrogen-bond donors (Lipinski definition) is 4. The molecule has 1 aliphatic carbocycles. The summed E-state index contributed by atoms with van der Waals surface area (Å²) in [7, 11) is 0. The van der Waals surface area contributed by atoms with E-state index in [2.05, 4.69) is 21.3 Å². The highest BCUT2D eigenvalue weighted by Crippen LogP contribution is 2.57. The summed E-state index contributed by atoms with van der Waals surface area (Å²) in [6.45, 7) is 2.87. The fraction of sp³-hybridized carbons (Fsp3) is 0.562. The van der Waals surface area contributed by atoms with Gasteiger partial charge in [0.1, 0.15) is 11.7 Å². The fourth-order valence-corrected chi connectivity index (χ4v) is 3.03. The largest absolute Gasteiger partial charge is 0.403 e. The van der Waals surface area contributed by atoms with Crippen LogP contribution in [0.5, 0.6) is 0 Å². The lowest BCUT2D eigenvalue weighted by Crippen LogP contribution is -2.41. The smallest absolute Gasteiger partial charge is 0.356 e. The van der Waals surface area contributed by atoms with Crippen LogP contribution in [0.4, 0.5) is 18.9 Å². The molecule has 0 spiro atoms. The molecule has 2 fully saturated rings. The van der Waals surface area contributed by atoms with Crippen LogP contribution >= 0.6 is 11.6 Å². The topological polar surface area (TPSA) is 65.2 Å². The Morgan fingerprint density at radius 1 is 1.40 bits per heavy atom. The van der Waals surface area contributed by atoms with Gasteiger partial charge in [-0.15, -0.1) is 0 Å². The van der Waals surface area contributed by atoms with E-state index in [1.54, 1.807) is 18.2 Å². The molecule has 2 atom stereocenters. The third kappa shape index (κ3) is 3.86. The summed E-state index contributed by atoms with van der Waals surface area (Å²) >= 11 is 6.16. The van der Waals surface area contributed by atoms with Crippen LogP contribution < -0.4 is 21.3 Å². The standard InChI is InChI=1S/C16H20ClF3N4O/c1-9-7-22-14(23-9)24-12-6-10(2-3-11(12)17)8-21-13(25)15(4-5-15)16(18,19)20/h2-3,6,9,14,22-24H,4-5,7-8H2,1H3,(H,21,25). The molecule has 1 aromatic rings. The molecule has 1 aromatic carbocycles. The van der Waals surface area contributed by atoms with Crippen molar-refractivity contribution in [1.29, 1.82) is 0 Å². The monoisotopic (exact) mass is 376 g/mol. The second-order valence-electron chi connectivity index (χ2n) is 6.63. The molecule has 2 aliphatic rings. The fourth-order valence-electron chi connectivity index (χ4n) is 2.85. The van der Waals surface area contributed by atoms with Gasteiger partial charge < -0.3 is 10.6 Å². The summed E-state index contributed by atoms with van der Waals surface area (Å²) in [5.41, 5.74) is -0.886. The number of rotatable bonds is 5. The molecule has 25 heavy (non-hydrogen) atoms. The molecule has 9 heteroatoms. The zero-order chi connectivity index (χ0) is 18.2. The van der Waals surface area contributed by atoms with Gasteiger partial charge in [-0.2, -0.15) is 13.2 Å². The minimum Gasteiger partial charge on any atom is -0.356 e. The van der Waals surface area contributed by atoms with Crippen molar-refractivity contribution in [2.75, 3.05) is 11.9 Å². The highest BCUT2D eigenvalue weighted by atomic mass is 35.5. The number of benzene rings is 1. The molecule has 0 bridgehead atoms. The van der Waals surface area contributed by atoms with E-state index in [9.17, 15) is 18.0 Å². The van der Waals surface area contributed by atoms with Gasteiger partial charge in [0.05, 0.1) is 10.7 Å². The molecule has 4 N–H and O–H groups in total. The summed E-state index contributed by atoms with van der Waals surface area (Å²) in [6, 6.07) is 5.37. The van der Waals surface area contributed by atoms with Crippen molar-refractivity contribution in [3.63, 3.8) is 0 Å². The predicted octanol–water partition coefficient (Wildman–Crippen LogP) is 2.58. The lowest BCUT2D eigenvalue weighted by molar-refractivity contribution is -0.192. The lowest BCUT2D eigenvalue weighted by atomic mass is 10.1. The normalized spacial score (nSPS) is 24.8. The lowest BCUT2D eigenvalue weighted by Gasteiger charge is -2.19. The maximum absolute atomic E-state index is 12.9. The third-order valence-corrected chi connectivity index (χ3v) is 4.92. The number of hydrogen-bond acceptors (Lipinski definition) is 4. The Kier molecular flexibility index (Phi) is 4.87. The molecule has 1 saturated heterocycles. The van der Waals surface area contributed by atoms with Crippen LogP contribution in [0.1, 0.15) is 25.3 Å². The van der Waals surface area contributed by atoms with Crippen molar-refractivity contribution in [3.8, 4) is 0 Å². The Morgan fingerprint density at radius 2 is 2.12 bits per heavy atom. The minimum absolute atomic E-state index is 0.0183. The Morgan fingerprint density at radius 3 is 2.68 bits per heavy atom. The molecular formula is C16H20ClF3N4O. The van der Waals surface area contributed by atoms with Gasteiger partial charge in [0, 0.05) is 19.1 Å². The summed E-state index contributed by atoms with van der Waals surface area (Å²) in [5.74, 6) is -0.961. The Balaban J connectivity index is 1.62. The SMILES string of the molecule is CC1CNC(Nc2cc(CNC(=O)C3(C(F)(F)F)CC3)ccc2Cl)N1. The van der Waals surface area contributed by atoms with Crippen molar-refractivity contribution in [1.82, 2.24) is 16.0 Å². The first-order valence-corrected chi connectivity index (χ1v) is 8.48. The van der Waals surface area contributed by atoms with Gasteiger partial charge in [0.2, 0.25) is 5.91 Å². The van der Waals surface area contributed by atoms with Crippen LogP contribution in [0.3, 0.4) is 0 Å². The first-order valence-electron chi connectivity index (χ1n) is 8.11. The van der Waals surface area contributed by atoms with Crippen LogP contribution in [-0.2, 0) is 11.3 Å². The van der Waals surface area contributed by atoms with E-state index >= 15 is 0 Å². The zero-order valence-electron chi connectivity index (χ0n) is 13.6. The first-order chi connectivity index (χ1) is 11.7. The van der Waals surface area contributed by atoms with Crippen LogP contribution in [-0.4, -0.2) is 31.0 Å². The van der Waals surface area contributed by atoms with Crippen molar-refractivity contribution in [2.24, 2.45) is 5.41 Å². The van der Waals surface area contributed by atoms with Gasteiger partial charge in [0.15, 0.2) is 0 Å². The number of carbonyl (C=O) groups is 1. The molecule has 1 saturated carbocycles. The van der Waals surface area contributed by atoms with Crippen LogP contribution in [0.15, 0.2) is 18.2 Å². The maximum atomic E-state index is 12.9. The highest BCUT2D eigenvalue weighted by Gasteiger charge is 2.68. The summed E-state index contributed by atoms with van der Waals surface area (Å²) in [6.07, 6.45) is -4.93. The van der Waals surface area contributed by atoms with E-state index in [1.807, 2.05) is 6.92 Å². The van der Waals surface area contributed by atoms with Gasteiger partial charge in [-0.3, -0.25) is 15.4 Å². The number of carbonyl (C=O) groups excluding carboxylic acids is 1. The Hall–Kier alpha value is -1.51. The van der Waals surface area contributed by atoms with Crippen LogP contribution in [0.2, 0.25) is 5.02 Å². The molecule has 138 valence electrons. The van der Waals surface area contributed by atoms with E-state index in [0.717, 1.165) is 6.54 Å². The second-order valence-corrected chi connectivity index (χ2v) is 7.04. The molecule has 1 heterocycles. The number of alkyl halides is 3. The van der Waals surface area contributed by atoms with Crippen molar-refractivity contribution < 1.29 is 18.0 Å². The Labute approximate surface area is 148 Å². The van der Waals surface area contributed by atoms with Gasteiger partial charge >= 0.3 is 6.18 Å². The summed E-state index contributed by atoms with van der Waals surface area (Å²) in [5, 5.41) is 12.6. The number of anilines is 1. The average molecular weight is 377 g/mol. The molecule has 0 radical (unpaired) electrons. The number of nitrogens with one attached hydrogen (secondary N) is 4. The van der Waals surface area contributed by atoms with E-state index in [4.69, 9.17) is 11.6 Å². The average Bonchev–Trinajstić information content (AvgIpc) is 3.27. The third-order valence-electron chi connectivity index (χ3n) is 4.59. The maximum Gasteiger partial charge on any atom is 0.403 e. The molecule has 1 aliphatic heterocycles. The van der Waals surface area contributed by atoms with E-state index in [-0.39, 0.29) is 25.7 Å². The summed E-state index contributed by atoms with van der Waals surface area (Å²) < 4.78 is 38.8. The summed E-state index contributed by atoms with van der Waals surface area (Å²) in [4.78, 5) is 11.9. The van der Waals surface area contributed by atoms with Crippen LogP contribution in [0, 0.1) is 5.41 Å². The molecular weight excluding hydrogens is 357 g/mol. The molecule has 1 amide bonds. The number of halogens is 4.